The quantitative estimate of drug-likeness (QED) is 0.698. The first-order valence-electron chi connectivity index (χ1n) is 9.20. The summed E-state index contributed by atoms with van der Waals surface area (Å²) < 4.78 is 26.8. The highest BCUT2D eigenvalue weighted by molar-refractivity contribution is 7.98. The van der Waals surface area contributed by atoms with E-state index in [0.29, 0.717) is 31.7 Å². The zero-order chi connectivity index (χ0) is 20.0. The SMILES string of the molecule is CSc1ccccc1C(=O)NCCS(=O)(=O)N1CCN(c2ccccc2)CC1. The highest BCUT2D eigenvalue weighted by Gasteiger charge is 2.27. The highest BCUT2D eigenvalue weighted by atomic mass is 32.2. The lowest BCUT2D eigenvalue weighted by molar-refractivity contribution is 0.0953. The van der Waals surface area contributed by atoms with Crippen LogP contribution in [-0.4, -0.2) is 63.4 Å². The zero-order valence-corrected chi connectivity index (χ0v) is 17.5. The molecule has 28 heavy (non-hydrogen) atoms. The van der Waals surface area contributed by atoms with Crippen LogP contribution in [0.4, 0.5) is 5.69 Å². The number of para-hydroxylation sites is 1. The molecule has 1 amide bonds. The van der Waals surface area contributed by atoms with Crippen molar-refractivity contribution >= 4 is 33.4 Å². The van der Waals surface area contributed by atoms with Crippen LogP contribution in [0, 0.1) is 0 Å². The molecular formula is C20H25N3O3S2. The van der Waals surface area contributed by atoms with Crippen molar-refractivity contribution in [2.75, 3.05) is 49.6 Å². The van der Waals surface area contributed by atoms with Crippen molar-refractivity contribution in [1.82, 2.24) is 9.62 Å². The van der Waals surface area contributed by atoms with Gasteiger partial charge >= 0.3 is 0 Å². The second kappa shape index (κ2) is 9.45. The fraction of sp³-hybridized carbons (Fsp3) is 0.350. The number of anilines is 1. The Balaban J connectivity index is 1.50. The number of sulfonamides is 1. The minimum Gasteiger partial charge on any atom is -0.369 e. The van der Waals surface area contributed by atoms with Crippen molar-refractivity contribution in [2.45, 2.75) is 4.90 Å². The maximum absolute atomic E-state index is 12.6. The molecule has 1 saturated heterocycles. The summed E-state index contributed by atoms with van der Waals surface area (Å²) >= 11 is 1.49. The Bertz CT molecular complexity index is 896. The minimum atomic E-state index is -3.40. The van der Waals surface area contributed by atoms with E-state index in [1.54, 1.807) is 12.1 Å². The van der Waals surface area contributed by atoms with E-state index in [2.05, 4.69) is 10.2 Å². The van der Waals surface area contributed by atoms with E-state index in [4.69, 9.17) is 0 Å². The molecule has 2 aromatic carbocycles. The van der Waals surface area contributed by atoms with E-state index in [9.17, 15) is 13.2 Å². The molecule has 1 heterocycles. The van der Waals surface area contributed by atoms with Crippen molar-refractivity contribution < 1.29 is 13.2 Å². The molecular weight excluding hydrogens is 394 g/mol. The molecule has 0 atom stereocenters. The van der Waals surface area contributed by atoms with Gasteiger partial charge in [-0.3, -0.25) is 4.79 Å². The van der Waals surface area contributed by atoms with Gasteiger partial charge in [-0.1, -0.05) is 30.3 Å². The van der Waals surface area contributed by atoms with Crippen molar-refractivity contribution in [3.05, 3.63) is 60.2 Å². The first-order valence-corrected chi connectivity index (χ1v) is 12.0. The Hall–Kier alpha value is -2.03. The second-order valence-electron chi connectivity index (χ2n) is 6.49. The molecule has 0 unspecified atom stereocenters. The molecule has 1 aliphatic heterocycles. The molecule has 1 N–H and O–H groups in total. The van der Waals surface area contributed by atoms with Crippen molar-refractivity contribution in [3.63, 3.8) is 0 Å². The molecule has 0 saturated carbocycles. The van der Waals surface area contributed by atoms with E-state index in [-0.39, 0.29) is 18.2 Å². The number of nitrogens with zero attached hydrogens (tertiary/aromatic N) is 2. The molecule has 6 nitrogen and oxygen atoms in total. The third-order valence-corrected chi connectivity index (χ3v) is 7.42. The van der Waals surface area contributed by atoms with E-state index < -0.39 is 10.0 Å². The van der Waals surface area contributed by atoms with Crippen molar-refractivity contribution in [2.24, 2.45) is 0 Å². The van der Waals surface area contributed by atoms with Gasteiger partial charge in [-0.15, -0.1) is 11.8 Å². The molecule has 1 fully saturated rings. The van der Waals surface area contributed by atoms with Gasteiger partial charge in [-0.25, -0.2) is 8.42 Å². The number of hydrogen-bond acceptors (Lipinski definition) is 5. The Morgan fingerprint density at radius 1 is 1.00 bits per heavy atom. The molecule has 0 spiro atoms. The number of piperazine rings is 1. The van der Waals surface area contributed by atoms with Gasteiger partial charge in [0, 0.05) is 43.3 Å². The largest absolute Gasteiger partial charge is 0.369 e. The normalized spacial score (nSPS) is 15.4. The van der Waals surface area contributed by atoms with Crippen LogP contribution in [0.2, 0.25) is 0 Å². The second-order valence-corrected chi connectivity index (χ2v) is 9.43. The van der Waals surface area contributed by atoms with Crippen LogP contribution < -0.4 is 10.2 Å². The van der Waals surface area contributed by atoms with Gasteiger partial charge in [0.25, 0.3) is 5.91 Å². The minimum absolute atomic E-state index is 0.0918. The zero-order valence-electron chi connectivity index (χ0n) is 15.9. The summed E-state index contributed by atoms with van der Waals surface area (Å²) in [4.78, 5) is 15.4. The summed E-state index contributed by atoms with van der Waals surface area (Å²) in [6.45, 7) is 2.34. The Labute approximate surface area is 171 Å². The monoisotopic (exact) mass is 419 g/mol. The molecule has 0 bridgehead atoms. The van der Waals surface area contributed by atoms with Gasteiger partial charge in [0.1, 0.15) is 0 Å². The smallest absolute Gasteiger partial charge is 0.252 e. The Morgan fingerprint density at radius 3 is 2.32 bits per heavy atom. The van der Waals surface area contributed by atoms with Crippen LogP contribution in [-0.2, 0) is 10.0 Å². The third kappa shape index (κ3) is 5.06. The lowest BCUT2D eigenvalue weighted by atomic mass is 10.2. The molecule has 0 aromatic heterocycles. The van der Waals surface area contributed by atoms with E-state index in [1.807, 2.05) is 48.7 Å². The van der Waals surface area contributed by atoms with Crippen molar-refractivity contribution in [1.29, 1.82) is 0 Å². The summed E-state index contributed by atoms with van der Waals surface area (Å²) in [6, 6.07) is 17.3. The van der Waals surface area contributed by atoms with Gasteiger partial charge in [-0.05, 0) is 30.5 Å². The summed E-state index contributed by atoms with van der Waals surface area (Å²) in [5, 5.41) is 2.73. The number of hydrogen-bond donors (Lipinski definition) is 1. The number of rotatable bonds is 7. The fourth-order valence-electron chi connectivity index (χ4n) is 3.21. The average molecular weight is 420 g/mol. The fourth-order valence-corrected chi connectivity index (χ4v) is 5.15. The number of carbonyl (C=O) groups excluding carboxylic acids is 1. The van der Waals surface area contributed by atoms with Crippen LogP contribution >= 0.6 is 11.8 Å². The van der Waals surface area contributed by atoms with Gasteiger partial charge in [0.05, 0.1) is 11.3 Å². The predicted molar refractivity (Wildman–Crippen MR) is 115 cm³/mol. The number of amides is 1. The summed E-state index contributed by atoms with van der Waals surface area (Å²) in [5.74, 6) is -0.333. The van der Waals surface area contributed by atoms with Crippen LogP contribution in [0.1, 0.15) is 10.4 Å². The van der Waals surface area contributed by atoms with E-state index in [0.717, 1.165) is 10.6 Å². The maximum Gasteiger partial charge on any atom is 0.252 e. The molecule has 0 radical (unpaired) electrons. The topological polar surface area (TPSA) is 69.7 Å². The molecule has 150 valence electrons. The van der Waals surface area contributed by atoms with Gasteiger partial charge in [0.15, 0.2) is 0 Å². The number of nitrogens with one attached hydrogen (secondary N) is 1. The van der Waals surface area contributed by atoms with Gasteiger partial charge in [-0.2, -0.15) is 4.31 Å². The third-order valence-electron chi connectivity index (χ3n) is 4.75. The van der Waals surface area contributed by atoms with E-state index >= 15 is 0 Å². The number of benzene rings is 2. The van der Waals surface area contributed by atoms with Crippen LogP contribution in [0.15, 0.2) is 59.5 Å². The molecule has 1 aliphatic rings. The van der Waals surface area contributed by atoms with E-state index in [1.165, 1.54) is 16.1 Å². The summed E-state index contributed by atoms with van der Waals surface area (Å²) in [7, 11) is -3.40. The molecule has 0 aliphatic carbocycles. The molecule has 2 aromatic rings. The maximum atomic E-state index is 12.6. The lowest BCUT2D eigenvalue weighted by Gasteiger charge is -2.35. The number of carbonyl (C=O) groups is 1. The molecule has 3 rings (SSSR count). The van der Waals surface area contributed by atoms with Crippen LogP contribution in [0.25, 0.3) is 0 Å². The Morgan fingerprint density at radius 2 is 1.64 bits per heavy atom. The van der Waals surface area contributed by atoms with Crippen molar-refractivity contribution in [3.8, 4) is 0 Å². The predicted octanol–water partition coefficient (Wildman–Crippen LogP) is 2.29. The lowest BCUT2D eigenvalue weighted by Crippen LogP contribution is -2.50. The average Bonchev–Trinajstić information content (AvgIpc) is 2.74. The molecule has 8 heteroatoms. The first kappa shape index (κ1) is 20.7. The van der Waals surface area contributed by atoms with Crippen LogP contribution in [0.3, 0.4) is 0 Å². The Kier molecular flexibility index (Phi) is 6.98. The van der Waals surface area contributed by atoms with Crippen LogP contribution in [0.5, 0.6) is 0 Å². The summed E-state index contributed by atoms with van der Waals surface area (Å²) in [6.07, 6.45) is 1.91. The first-order chi connectivity index (χ1) is 13.5. The highest BCUT2D eigenvalue weighted by Crippen LogP contribution is 2.20. The number of thioether (sulfide) groups is 1. The van der Waals surface area contributed by atoms with Gasteiger partial charge in [0.2, 0.25) is 10.0 Å². The standard InChI is InChI=1S/C20H25N3O3S2/c1-27-19-10-6-5-9-18(19)20(24)21-11-16-28(25,26)23-14-12-22(13-15-23)17-7-3-2-4-8-17/h2-10H,11-16H2,1H3,(H,21,24). The summed E-state index contributed by atoms with van der Waals surface area (Å²) in [5.41, 5.74) is 1.68. The van der Waals surface area contributed by atoms with Gasteiger partial charge < -0.3 is 10.2 Å².